The van der Waals surface area contributed by atoms with Crippen LogP contribution in [0.1, 0.15) is 40.5 Å². The fourth-order valence-electron chi connectivity index (χ4n) is 3.40. The molecule has 114 valence electrons. The second-order valence-corrected chi connectivity index (χ2v) is 7.25. The first kappa shape index (κ1) is 15.1. The van der Waals surface area contributed by atoms with Gasteiger partial charge in [0.05, 0.1) is 12.5 Å². The van der Waals surface area contributed by atoms with E-state index in [-0.39, 0.29) is 22.7 Å². The van der Waals surface area contributed by atoms with Gasteiger partial charge in [0.2, 0.25) is 0 Å². The third-order valence-corrected chi connectivity index (χ3v) is 5.78. The van der Waals surface area contributed by atoms with Gasteiger partial charge in [-0.3, -0.25) is 4.79 Å². The third-order valence-electron chi connectivity index (χ3n) is 5.78. The number of nitrogens with zero attached hydrogens (tertiary/aromatic N) is 1. The number of esters is 1. The summed E-state index contributed by atoms with van der Waals surface area (Å²) >= 11 is 0. The van der Waals surface area contributed by atoms with E-state index in [1.54, 1.807) is 0 Å². The smallest absolute Gasteiger partial charge is 0.314 e. The Morgan fingerprint density at radius 1 is 1.25 bits per heavy atom. The van der Waals surface area contributed by atoms with E-state index in [4.69, 9.17) is 10.5 Å². The van der Waals surface area contributed by atoms with Crippen LogP contribution in [0.3, 0.4) is 0 Å². The van der Waals surface area contributed by atoms with Crippen LogP contribution in [0.25, 0.3) is 0 Å². The molecule has 5 heteroatoms. The van der Waals surface area contributed by atoms with Gasteiger partial charge in [-0.25, -0.2) is 4.79 Å². The standard InChI is InChI=1S/C15H26N2O3/c1-14(2)11(15(14,3)4)9-20-12(18)10-6-5-7-17(8-10)13(16)19/h10-11H,5-9H2,1-4H3,(H2,16,19)/t10-/m0/s1. The fourth-order valence-corrected chi connectivity index (χ4v) is 3.40. The van der Waals surface area contributed by atoms with Gasteiger partial charge in [-0.2, -0.15) is 0 Å². The molecular formula is C15H26N2O3. The number of carbonyl (C=O) groups excluding carboxylic acids is 2. The molecule has 0 aromatic rings. The zero-order chi connectivity index (χ0) is 15.1. The normalized spacial score (nSPS) is 28.0. The maximum atomic E-state index is 12.1. The molecule has 0 spiro atoms. The molecule has 2 N–H and O–H groups in total. The van der Waals surface area contributed by atoms with E-state index < -0.39 is 6.03 Å². The number of likely N-dealkylation sites (tertiary alicyclic amines) is 1. The number of primary amides is 1. The molecule has 2 rings (SSSR count). The van der Waals surface area contributed by atoms with Crippen LogP contribution < -0.4 is 5.73 Å². The minimum atomic E-state index is -0.452. The average Bonchev–Trinajstić information content (AvgIpc) is 2.77. The Morgan fingerprint density at radius 2 is 1.85 bits per heavy atom. The average molecular weight is 282 g/mol. The highest BCUT2D eigenvalue weighted by Gasteiger charge is 2.64. The van der Waals surface area contributed by atoms with Crippen molar-refractivity contribution >= 4 is 12.0 Å². The van der Waals surface area contributed by atoms with Crippen molar-refractivity contribution in [1.29, 1.82) is 0 Å². The molecule has 1 atom stereocenters. The number of urea groups is 1. The van der Waals surface area contributed by atoms with E-state index in [0.29, 0.717) is 25.6 Å². The first-order valence-corrected chi connectivity index (χ1v) is 7.39. The van der Waals surface area contributed by atoms with E-state index in [2.05, 4.69) is 27.7 Å². The molecular weight excluding hydrogens is 256 g/mol. The highest BCUT2D eigenvalue weighted by atomic mass is 16.5. The summed E-state index contributed by atoms with van der Waals surface area (Å²) in [6.07, 6.45) is 1.59. The van der Waals surface area contributed by atoms with Gasteiger partial charge in [-0.05, 0) is 23.7 Å². The fraction of sp³-hybridized carbons (Fsp3) is 0.867. The van der Waals surface area contributed by atoms with Gasteiger partial charge in [-0.15, -0.1) is 0 Å². The van der Waals surface area contributed by atoms with Gasteiger partial charge in [-0.1, -0.05) is 27.7 Å². The van der Waals surface area contributed by atoms with Crippen molar-refractivity contribution in [1.82, 2.24) is 4.90 Å². The maximum Gasteiger partial charge on any atom is 0.314 e. The van der Waals surface area contributed by atoms with E-state index in [9.17, 15) is 9.59 Å². The zero-order valence-corrected chi connectivity index (χ0v) is 12.9. The van der Waals surface area contributed by atoms with Crippen LogP contribution in [0.5, 0.6) is 0 Å². The lowest BCUT2D eigenvalue weighted by Crippen LogP contribution is -2.45. The van der Waals surface area contributed by atoms with Gasteiger partial charge in [0.25, 0.3) is 0 Å². The molecule has 0 unspecified atom stereocenters. The summed E-state index contributed by atoms with van der Waals surface area (Å²) in [4.78, 5) is 24.8. The van der Waals surface area contributed by atoms with Crippen molar-refractivity contribution in [2.24, 2.45) is 28.4 Å². The second-order valence-electron chi connectivity index (χ2n) is 7.25. The van der Waals surface area contributed by atoms with E-state index in [0.717, 1.165) is 12.8 Å². The summed E-state index contributed by atoms with van der Waals surface area (Å²) < 4.78 is 5.49. The summed E-state index contributed by atoms with van der Waals surface area (Å²) in [5, 5.41) is 0. The summed E-state index contributed by atoms with van der Waals surface area (Å²) in [6.45, 7) is 10.4. The molecule has 0 bridgehead atoms. The summed E-state index contributed by atoms with van der Waals surface area (Å²) in [6, 6.07) is -0.452. The predicted octanol–water partition coefficient (Wildman–Crippen LogP) is 2.00. The zero-order valence-electron chi connectivity index (χ0n) is 12.9. The van der Waals surface area contributed by atoms with Gasteiger partial charge in [0.15, 0.2) is 0 Å². The first-order valence-electron chi connectivity index (χ1n) is 7.39. The van der Waals surface area contributed by atoms with Crippen molar-refractivity contribution in [2.45, 2.75) is 40.5 Å². The molecule has 0 aromatic carbocycles. The molecule has 0 aromatic heterocycles. The van der Waals surface area contributed by atoms with Gasteiger partial charge in [0.1, 0.15) is 0 Å². The monoisotopic (exact) mass is 282 g/mol. The molecule has 5 nitrogen and oxygen atoms in total. The lowest BCUT2D eigenvalue weighted by atomic mass is 9.98. The molecule has 2 amide bonds. The largest absolute Gasteiger partial charge is 0.465 e. The van der Waals surface area contributed by atoms with Gasteiger partial charge >= 0.3 is 12.0 Å². The van der Waals surface area contributed by atoms with Crippen molar-refractivity contribution in [3.63, 3.8) is 0 Å². The molecule has 20 heavy (non-hydrogen) atoms. The van der Waals surface area contributed by atoms with Crippen molar-refractivity contribution < 1.29 is 14.3 Å². The van der Waals surface area contributed by atoms with Crippen molar-refractivity contribution in [3.8, 4) is 0 Å². The number of amides is 2. The van der Waals surface area contributed by atoms with E-state index in [1.807, 2.05) is 0 Å². The Labute approximate surface area is 120 Å². The second kappa shape index (κ2) is 4.93. The molecule has 2 fully saturated rings. The Hall–Kier alpha value is -1.26. The molecule has 1 saturated heterocycles. The van der Waals surface area contributed by atoms with Crippen LogP contribution in [-0.2, 0) is 9.53 Å². The molecule has 1 heterocycles. The van der Waals surface area contributed by atoms with Crippen molar-refractivity contribution in [3.05, 3.63) is 0 Å². The molecule has 0 radical (unpaired) electrons. The number of carbonyl (C=O) groups is 2. The number of hydrogen-bond donors (Lipinski definition) is 1. The number of ether oxygens (including phenoxy) is 1. The minimum Gasteiger partial charge on any atom is -0.465 e. The molecule has 2 aliphatic rings. The maximum absolute atomic E-state index is 12.1. The SMILES string of the molecule is CC1(C)C(COC(=O)[C@H]2CCCN(C(N)=O)C2)C1(C)C. The Kier molecular flexibility index (Phi) is 3.73. The lowest BCUT2D eigenvalue weighted by molar-refractivity contribution is -0.150. The summed E-state index contributed by atoms with van der Waals surface area (Å²) in [5.74, 6) is 0.00505. The van der Waals surface area contributed by atoms with Crippen LogP contribution in [0.2, 0.25) is 0 Å². The summed E-state index contributed by atoms with van der Waals surface area (Å²) in [7, 11) is 0. The van der Waals surface area contributed by atoms with Crippen LogP contribution in [0.15, 0.2) is 0 Å². The van der Waals surface area contributed by atoms with Gasteiger partial charge < -0.3 is 15.4 Å². The third kappa shape index (κ3) is 2.50. The molecule has 1 aliphatic carbocycles. The minimum absolute atomic E-state index is 0.186. The van der Waals surface area contributed by atoms with E-state index in [1.165, 1.54) is 4.90 Å². The number of rotatable bonds is 3. The highest BCUT2D eigenvalue weighted by molar-refractivity contribution is 5.76. The highest BCUT2D eigenvalue weighted by Crippen LogP contribution is 2.68. The quantitative estimate of drug-likeness (QED) is 0.805. The topological polar surface area (TPSA) is 72.6 Å². The number of nitrogens with two attached hydrogens (primary N) is 1. The van der Waals surface area contributed by atoms with Crippen molar-refractivity contribution in [2.75, 3.05) is 19.7 Å². The lowest BCUT2D eigenvalue weighted by Gasteiger charge is -2.30. The molecule has 1 saturated carbocycles. The first-order chi connectivity index (χ1) is 9.18. The Balaban J connectivity index is 1.83. The Bertz CT molecular complexity index is 403. The van der Waals surface area contributed by atoms with Crippen LogP contribution in [0, 0.1) is 22.7 Å². The molecule has 1 aliphatic heterocycles. The van der Waals surface area contributed by atoms with Gasteiger partial charge in [0, 0.05) is 19.0 Å². The summed E-state index contributed by atoms with van der Waals surface area (Å²) in [5.41, 5.74) is 5.71. The van der Waals surface area contributed by atoms with Crippen LogP contribution in [-0.4, -0.2) is 36.6 Å². The van der Waals surface area contributed by atoms with Crippen LogP contribution in [0.4, 0.5) is 4.79 Å². The Morgan fingerprint density at radius 3 is 2.35 bits per heavy atom. The number of hydrogen-bond acceptors (Lipinski definition) is 3. The number of piperidine rings is 1. The predicted molar refractivity (Wildman–Crippen MR) is 75.9 cm³/mol. The van der Waals surface area contributed by atoms with Crippen LogP contribution >= 0.6 is 0 Å². The van der Waals surface area contributed by atoms with E-state index >= 15 is 0 Å².